The van der Waals surface area contributed by atoms with Gasteiger partial charge in [0.15, 0.2) is 5.82 Å². The van der Waals surface area contributed by atoms with E-state index in [4.69, 9.17) is 26.5 Å². The molecule has 10 heteroatoms. The van der Waals surface area contributed by atoms with Gasteiger partial charge in [-0.25, -0.2) is 4.39 Å². The summed E-state index contributed by atoms with van der Waals surface area (Å²) in [5, 5.41) is 3.36. The number of nitrogens with zero attached hydrogens (tertiary/aromatic N) is 3. The van der Waals surface area contributed by atoms with E-state index in [0.717, 1.165) is 0 Å². The summed E-state index contributed by atoms with van der Waals surface area (Å²) in [5.41, 5.74) is 6.80. The van der Waals surface area contributed by atoms with Crippen molar-refractivity contribution in [2.75, 3.05) is 19.0 Å². The molecule has 0 radical (unpaired) electrons. The van der Waals surface area contributed by atoms with Crippen molar-refractivity contribution < 1.29 is 13.5 Å². The number of hydrogen-bond donors (Lipinski definition) is 2. The van der Waals surface area contributed by atoms with Crippen LogP contribution in [0.4, 0.5) is 10.2 Å². The second-order valence-electron chi connectivity index (χ2n) is 5.71. The van der Waals surface area contributed by atoms with E-state index in [0.29, 0.717) is 42.5 Å². The van der Waals surface area contributed by atoms with Crippen LogP contribution in [0.2, 0.25) is 5.28 Å². The summed E-state index contributed by atoms with van der Waals surface area (Å²) in [6.07, 6.45) is 1.87. The summed E-state index contributed by atoms with van der Waals surface area (Å²) in [5.74, 6) is 0.593. The Bertz CT molecular complexity index is 870. The number of nitrogens with one attached hydrogen (secondary N) is 1. The number of furan rings is 1. The zero-order chi connectivity index (χ0) is 18.0. The quantitative estimate of drug-likeness (QED) is 0.589. The lowest BCUT2D eigenvalue weighted by Gasteiger charge is -2.11. The van der Waals surface area contributed by atoms with Gasteiger partial charge in [0.2, 0.25) is 5.28 Å². The third-order valence-corrected chi connectivity index (χ3v) is 4.07. The Hall–Kier alpha value is -1.87. The molecule has 0 amide bonds. The molecule has 0 aliphatic heterocycles. The number of halogens is 3. The molecule has 7 nitrogen and oxygen atoms in total. The minimum absolute atomic E-state index is 0. The van der Waals surface area contributed by atoms with Gasteiger partial charge in [-0.15, -0.1) is 12.4 Å². The molecule has 1 atom stereocenters. The Balaban J connectivity index is 0.00000243. The van der Waals surface area contributed by atoms with Crippen LogP contribution in [0.25, 0.3) is 11.0 Å². The molecule has 0 aromatic carbocycles. The highest BCUT2D eigenvalue weighted by atomic mass is 35.5. The molecule has 0 bridgehead atoms. The van der Waals surface area contributed by atoms with Gasteiger partial charge in [-0.1, -0.05) is 0 Å². The molecule has 3 heterocycles. The number of nitrogens with two attached hydrogens (primary N) is 1. The molecular formula is C16H20Cl2FN5O2. The van der Waals surface area contributed by atoms with Crippen LogP contribution in [-0.4, -0.2) is 34.3 Å². The standard InChI is InChI=1S/C16H19ClFN5O2.ClH/c1-23-11(6-9(19)8-24-2)13(18)12-14(21-16(17)22-15(12)23)20-7-10-4-3-5-25-10;/h3-5,9H,6-8,19H2,1-2H3,(H,20,21,22);1H. The van der Waals surface area contributed by atoms with Gasteiger partial charge in [-0.3, -0.25) is 0 Å². The van der Waals surface area contributed by atoms with Crippen LogP contribution in [0, 0.1) is 5.82 Å². The molecule has 26 heavy (non-hydrogen) atoms. The van der Waals surface area contributed by atoms with E-state index in [1.807, 2.05) is 6.07 Å². The highest BCUT2D eigenvalue weighted by Crippen LogP contribution is 2.30. The van der Waals surface area contributed by atoms with Crippen molar-refractivity contribution in [3.05, 3.63) is 41.0 Å². The number of aryl methyl sites for hydroxylation is 1. The topological polar surface area (TPSA) is 91.1 Å². The highest BCUT2D eigenvalue weighted by molar-refractivity contribution is 6.28. The number of rotatable bonds is 7. The van der Waals surface area contributed by atoms with E-state index < -0.39 is 5.82 Å². The predicted molar refractivity (Wildman–Crippen MR) is 100 cm³/mol. The monoisotopic (exact) mass is 403 g/mol. The van der Waals surface area contributed by atoms with Gasteiger partial charge in [0.25, 0.3) is 0 Å². The first-order valence-electron chi connectivity index (χ1n) is 7.72. The summed E-state index contributed by atoms with van der Waals surface area (Å²) >= 11 is 6.01. The van der Waals surface area contributed by atoms with Crippen LogP contribution in [0.5, 0.6) is 0 Å². The summed E-state index contributed by atoms with van der Waals surface area (Å²) in [7, 11) is 3.28. The molecule has 3 N–H and O–H groups in total. The Morgan fingerprint density at radius 3 is 2.88 bits per heavy atom. The zero-order valence-corrected chi connectivity index (χ0v) is 15.9. The van der Waals surface area contributed by atoms with Crippen molar-refractivity contribution in [2.24, 2.45) is 12.8 Å². The van der Waals surface area contributed by atoms with Gasteiger partial charge < -0.3 is 24.8 Å². The van der Waals surface area contributed by atoms with Crippen molar-refractivity contribution in [2.45, 2.75) is 19.0 Å². The normalized spacial score (nSPS) is 12.2. The number of fused-ring (bicyclic) bond motifs is 1. The van der Waals surface area contributed by atoms with Gasteiger partial charge in [0.05, 0.1) is 30.5 Å². The summed E-state index contributed by atoms with van der Waals surface area (Å²) < 4.78 is 27.0. The van der Waals surface area contributed by atoms with Crippen molar-refractivity contribution >= 4 is 40.9 Å². The summed E-state index contributed by atoms with van der Waals surface area (Å²) in [4.78, 5) is 8.28. The van der Waals surface area contributed by atoms with E-state index in [1.54, 1.807) is 31.1 Å². The largest absolute Gasteiger partial charge is 0.467 e. The van der Waals surface area contributed by atoms with Gasteiger partial charge >= 0.3 is 0 Å². The molecule has 0 saturated heterocycles. The van der Waals surface area contributed by atoms with Crippen LogP contribution in [-0.2, 0) is 24.8 Å². The molecule has 1 unspecified atom stereocenters. The molecule has 3 aromatic heterocycles. The zero-order valence-electron chi connectivity index (χ0n) is 14.3. The molecule has 0 saturated carbocycles. The van der Waals surface area contributed by atoms with Crippen LogP contribution in [0.15, 0.2) is 22.8 Å². The molecule has 3 rings (SSSR count). The average Bonchev–Trinajstić information content (AvgIpc) is 3.16. The number of aromatic nitrogens is 3. The van der Waals surface area contributed by atoms with E-state index in [2.05, 4.69) is 15.3 Å². The number of hydrogen-bond acceptors (Lipinski definition) is 6. The maximum absolute atomic E-state index is 15.0. The molecule has 3 aromatic rings. The fraction of sp³-hybridized carbons (Fsp3) is 0.375. The Kier molecular flexibility index (Phi) is 6.82. The van der Waals surface area contributed by atoms with E-state index in [9.17, 15) is 0 Å². The SMILES string of the molecule is COCC(N)Cc1c(F)c2c(NCc3ccco3)nc(Cl)nc2n1C.Cl. The van der Waals surface area contributed by atoms with Crippen LogP contribution >= 0.6 is 24.0 Å². The molecule has 142 valence electrons. The Morgan fingerprint density at radius 1 is 1.46 bits per heavy atom. The van der Waals surface area contributed by atoms with Crippen molar-refractivity contribution in [3.8, 4) is 0 Å². The van der Waals surface area contributed by atoms with Crippen LogP contribution in [0.3, 0.4) is 0 Å². The van der Waals surface area contributed by atoms with Crippen molar-refractivity contribution in [3.63, 3.8) is 0 Å². The van der Waals surface area contributed by atoms with E-state index in [-0.39, 0.29) is 29.1 Å². The smallest absolute Gasteiger partial charge is 0.226 e. The number of ether oxygens (including phenoxy) is 1. The average molecular weight is 404 g/mol. The highest BCUT2D eigenvalue weighted by Gasteiger charge is 2.22. The lowest BCUT2D eigenvalue weighted by molar-refractivity contribution is 0.179. The van der Waals surface area contributed by atoms with Gasteiger partial charge in [-0.2, -0.15) is 9.97 Å². The van der Waals surface area contributed by atoms with Gasteiger partial charge in [-0.05, 0) is 23.7 Å². The predicted octanol–water partition coefficient (Wildman–Crippen LogP) is 2.90. The molecule has 0 aliphatic rings. The minimum Gasteiger partial charge on any atom is -0.467 e. The second kappa shape index (κ2) is 8.68. The van der Waals surface area contributed by atoms with Crippen molar-refractivity contribution in [1.82, 2.24) is 14.5 Å². The lowest BCUT2D eigenvalue weighted by atomic mass is 10.1. The first-order chi connectivity index (χ1) is 12.0. The molecule has 0 spiro atoms. The molecule has 0 aliphatic carbocycles. The third kappa shape index (κ3) is 4.09. The lowest BCUT2D eigenvalue weighted by Crippen LogP contribution is -2.29. The van der Waals surface area contributed by atoms with E-state index >= 15 is 4.39 Å². The van der Waals surface area contributed by atoms with Crippen LogP contribution in [0.1, 0.15) is 11.5 Å². The van der Waals surface area contributed by atoms with Gasteiger partial charge in [0.1, 0.15) is 17.2 Å². The first kappa shape index (κ1) is 20.4. The molecule has 0 fully saturated rings. The fourth-order valence-electron chi connectivity index (χ4n) is 2.75. The third-order valence-electron chi connectivity index (χ3n) is 3.90. The first-order valence-corrected chi connectivity index (χ1v) is 8.10. The summed E-state index contributed by atoms with van der Waals surface area (Å²) in [6.45, 7) is 0.680. The van der Waals surface area contributed by atoms with Crippen LogP contribution < -0.4 is 11.1 Å². The number of methoxy groups -OCH3 is 1. The number of anilines is 1. The van der Waals surface area contributed by atoms with Crippen molar-refractivity contribution in [1.29, 1.82) is 0 Å². The fourth-order valence-corrected chi connectivity index (χ4v) is 2.91. The summed E-state index contributed by atoms with van der Waals surface area (Å²) in [6, 6.07) is 3.26. The minimum atomic E-state index is -0.414. The molecular weight excluding hydrogens is 384 g/mol. The maximum Gasteiger partial charge on any atom is 0.226 e. The second-order valence-corrected chi connectivity index (χ2v) is 6.05. The Labute approximate surface area is 161 Å². The maximum atomic E-state index is 15.0. The Morgan fingerprint density at radius 2 is 2.23 bits per heavy atom. The van der Waals surface area contributed by atoms with E-state index in [1.165, 1.54) is 0 Å². The van der Waals surface area contributed by atoms with Gasteiger partial charge in [0, 0.05) is 26.6 Å².